The van der Waals surface area contributed by atoms with E-state index < -0.39 is 0 Å². The van der Waals surface area contributed by atoms with Gasteiger partial charge in [-0.15, -0.1) is 0 Å². The third-order valence-electron chi connectivity index (χ3n) is 1.42. The maximum atomic E-state index is 8.52. The number of rotatable bonds is 1. The van der Waals surface area contributed by atoms with Crippen LogP contribution in [0.5, 0.6) is 0 Å². The molecule has 2 nitrogen and oxygen atoms in total. The van der Waals surface area contributed by atoms with Gasteiger partial charge in [0, 0.05) is 6.42 Å². The van der Waals surface area contributed by atoms with E-state index in [-0.39, 0.29) is 12.2 Å². The molecule has 0 aromatic heterocycles. The Labute approximate surface area is 43.1 Å². The van der Waals surface area contributed by atoms with Crippen molar-refractivity contribution in [2.45, 2.75) is 18.9 Å². The van der Waals surface area contributed by atoms with Crippen LogP contribution >= 0.6 is 0 Å². The normalized spacial score (nSPS) is 40.3. The molecule has 0 spiro atoms. The highest BCUT2D eigenvalue weighted by Gasteiger charge is 2.31. The fraction of sp³-hybridized carbons (Fsp3) is 1.00. The van der Waals surface area contributed by atoms with Gasteiger partial charge in [0.15, 0.2) is 0 Å². The molecule has 1 N–H and O–H groups in total. The van der Waals surface area contributed by atoms with E-state index in [1.54, 1.807) is 0 Å². The van der Waals surface area contributed by atoms with Gasteiger partial charge in [-0.2, -0.15) is 0 Å². The monoisotopic (exact) mass is 102 g/mol. The van der Waals surface area contributed by atoms with Crippen LogP contribution in [0.2, 0.25) is 0 Å². The van der Waals surface area contributed by atoms with Crippen molar-refractivity contribution in [2.24, 2.45) is 0 Å². The topological polar surface area (TPSA) is 29.5 Å². The summed E-state index contributed by atoms with van der Waals surface area (Å²) < 4.78 is 5.02. The Balaban J connectivity index is 2.29. The van der Waals surface area contributed by atoms with Crippen molar-refractivity contribution in [3.8, 4) is 0 Å². The summed E-state index contributed by atoms with van der Waals surface area (Å²) in [5.74, 6) is 0. The summed E-state index contributed by atoms with van der Waals surface area (Å²) in [5, 5.41) is 8.52. The Bertz CT molecular complexity index is 61.0. The molecule has 1 saturated heterocycles. The standard InChI is InChI=1S/C5H10O2/c1-5(4-6)2-3-7-5/h6H,2-4H2,1H3. The van der Waals surface area contributed by atoms with Crippen LogP contribution in [0.1, 0.15) is 13.3 Å². The van der Waals surface area contributed by atoms with E-state index in [0.717, 1.165) is 13.0 Å². The molecule has 0 bridgehead atoms. The number of hydrogen-bond donors (Lipinski definition) is 1. The van der Waals surface area contributed by atoms with Crippen molar-refractivity contribution in [1.29, 1.82) is 0 Å². The number of hydrogen-bond acceptors (Lipinski definition) is 2. The molecule has 0 saturated carbocycles. The molecular formula is C5H10O2. The highest BCUT2D eigenvalue weighted by atomic mass is 16.5. The van der Waals surface area contributed by atoms with Crippen molar-refractivity contribution < 1.29 is 9.84 Å². The van der Waals surface area contributed by atoms with Crippen molar-refractivity contribution in [3.05, 3.63) is 0 Å². The largest absolute Gasteiger partial charge is 0.393 e. The smallest absolute Gasteiger partial charge is 0.0906 e. The highest BCUT2D eigenvalue weighted by Crippen LogP contribution is 2.23. The molecule has 0 amide bonds. The number of aliphatic hydroxyl groups excluding tert-OH is 1. The molecule has 1 aliphatic rings. The second kappa shape index (κ2) is 1.46. The van der Waals surface area contributed by atoms with Gasteiger partial charge in [0.1, 0.15) is 0 Å². The second-order valence-corrected chi connectivity index (χ2v) is 2.21. The number of aliphatic hydroxyl groups is 1. The molecule has 1 heterocycles. The predicted octanol–water partition coefficient (Wildman–Crippen LogP) is 0.158. The molecule has 42 valence electrons. The first-order valence-corrected chi connectivity index (χ1v) is 2.52. The second-order valence-electron chi connectivity index (χ2n) is 2.21. The number of ether oxygens (including phenoxy) is 1. The van der Waals surface area contributed by atoms with Gasteiger partial charge in [-0.05, 0) is 6.92 Å². The highest BCUT2D eigenvalue weighted by molar-refractivity contribution is 4.80. The van der Waals surface area contributed by atoms with Crippen molar-refractivity contribution in [1.82, 2.24) is 0 Å². The van der Waals surface area contributed by atoms with Gasteiger partial charge in [-0.1, -0.05) is 0 Å². The lowest BCUT2D eigenvalue weighted by Gasteiger charge is -2.36. The van der Waals surface area contributed by atoms with Crippen LogP contribution < -0.4 is 0 Å². The molecule has 1 unspecified atom stereocenters. The lowest BCUT2D eigenvalue weighted by atomic mass is 9.99. The van der Waals surface area contributed by atoms with Gasteiger partial charge < -0.3 is 9.84 Å². The average molecular weight is 102 g/mol. The molecule has 1 fully saturated rings. The lowest BCUT2D eigenvalue weighted by molar-refractivity contribution is -0.157. The van der Waals surface area contributed by atoms with Crippen molar-refractivity contribution in [2.75, 3.05) is 13.2 Å². The minimum absolute atomic E-state index is 0.160. The molecule has 0 aromatic rings. The maximum absolute atomic E-state index is 8.52. The zero-order valence-electron chi connectivity index (χ0n) is 4.48. The molecular weight excluding hydrogens is 92.1 g/mol. The van der Waals surface area contributed by atoms with Crippen LogP contribution in [0.3, 0.4) is 0 Å². The quantitative estimate of drug-likeness (QED) is 0.511. The van der Waals surface area contributed by atoms with Crippen LogP contribution in [0.15, 0.2) is 0 Å². The molecule has 0 aliphatic carbocycles. The van der Waals surface area contributed by atoms with E-state index in [1.165, 1.54) is 0 Å². The molecule has 1 atom stereocenters. The zero-order valence-corrected chi connectivity index (χ0v) is 4.48. The Hall–Kier alpha value is -0.0800. The summed E-state index contributed by atoms with van der Waals surface area (Å²) in [4.78, 5) is 0. The van der Waals surface area contributed by atoms with Crippen molar-refractivity contribution >= 4 is 0 Å². The summed E-state index contributed by atoms with van der Waals surface area (Å²) in [6.45, 7) is 2.89. The van der Waals surface area contributed by atoms with Crippen LogP contribution in [-0.2, 0) is 4.74 Å². The first-order valence-electron chi connectivity index (χ1n) is 2.52. The van der Waals surface area contributed by atoms with Gasteiger partial charge in [0.2, 0.25) is 0 Å². The van der Waals surface area contributed by atoms with Crippen LogP contribution in [0.25, 0.3) is 0 Å². The van der Waals surface area contributed by atoms with Gasteiger partial charge in [0.05, 0.1) is 18.8 Å². The fourth-order valence-electron chi connectivity index (χ4n) is 0.575. The first kappa shape index (κ1) is 5.06. The third-order valence-corrected chi connectivity index (χ3v) is 1.42. The summed E-state index contributed by atoms with van der Waals surface area (Å²) in [7, 11) is 0. The van der Waals surface area contributed by atoms with Gasteiger partial charge >= 0.3 is 0 Å². The molecule has 0 radical (unpaired) electrons. The minimum Gasteiger partial charge on any atom is -0.393 e. The zero-order chi connectivity index (χ0) is 5.33. The van der Waals surface area contributed by atoms with Gasteiger partial charge in [-0.25, -0.2) is 0 Å². The van der Waals surface area contributed by atoms with E-state index in [0.29, 0.717) is 0 Å². The summed E-state index contributed by atoms with van der Waals surface area (Å²) in [6.07, 6.45) is 1.00. The Morgan fingerprint density at radius 1 is 1.86 bits per heavy atom. The van der Waals surface area contributed by atoms with E-state index in [9.17, 15) is 0 Å². The van der Waals surface area contributed by atoms with E-state index >= 15 is 0 Å². The predicted molar refractivity (Wildman–Crippen MR) is 26.1 cm³/mol. The fourth-order valence-corrected chi connectivity index (χ4v) is 0.575. The van der Waals surface area contributed by atoms with Gasteiger partial charge in [-0.3, -0.25) is 0 Å². The Morgan fingerprint density at radius 3 is 2.43 bits per heavy atom. The SMILES string of the molecule is CC1(CO)CCO1. The third kappa shape index (κ3) is 0.763. The van der Waals surface area contributed by atoms with Crippen LogP contribution in [0, 0.1) is 0 Å². The molecule has 7 heavy (non-hydrogen) atoms. The summed E-state index contributed by atoms with van der Waals surface area (Å²) in [6, 6.07) is 0. The summed E-state index contributed by atoms with van der Waals surface area (Å²) >= 11 is 0. The van der Waals surface area contributed by atoms with Crippen LogP contribution in [-0.4, -0.2) is 23.9 Å². The Morgan fingerprint density at radius 2 is 2.43 bits per heavy atom. The van der Waals surface area contributed by atoms with E-state index in [1.807, 2.05) is 6.92 Å². The molecule has 1 aliphatic heterocycles. The maximum Gasteiger partial charge on any atom is 0.0906 e. The summed E-state index contributed by atoms with van der Waals surface area (Å²) in [5.41, 5.74) is -0.181. The lowest BCUT2D eigenvalue weighted by Crippen LogP contribution is -2.43. The Kier molecular flexibility index (Phi) is 1.05. The van der Waals surface area contributed by atoms with Crippen molar-refractivity contribution in [3.63, 3.8) is 0 Å². The van der Waals surface area contributed by atoms with Gasteiger partial charge in [0.25, 0.3) is 0 Å². The first-order chi connectivity index (χ1) is 3.27. The van der Waals surface area contributed by atoms with E-state index in [4.69, 9.17) is 9.84 Å². The molecule has 0 aromatic carbocycles. The van der Waals surface area contributed by atoms with Crippen LogP contribution in [0.4, 0.5) is 0 Å². The molecule has 1 rings (SSSR count). The average Bonchev–Trinajstić information content (AvgIpc) is 1.61. The van der Waals surface area contributed by atoms with E-state index in [2.05, 4.69) is 0 Å². The minimum atomic E-state index is -0.181. The molecule has 2 heteroatoms.